The maximum absolute atomic E-state index is 13.3. The highest BCUT2D eigenvalue weighted by molar-refractivity contribution is 8.00. The molecule has 0 aliphatic heterocycles. The fourth-order valence-corrected chi connectivity index (χ4v) is 4.29. The van der Waals surface area contributed by atoms with Gasteiger partial charge in [0, 0.05) is 5.02 Å². The Labute approximate surface area is 196 Å². The first-order valence-corrected chi connectivity index (χ1v) is 11.1. The highest BCUT2D eigenvalue weighted by atomic mass is 35.5. The minimum absolute atomic E-state index is 0.0868. The van der Waals surface area contributed by atoms with E-state index in [-0.39, 0.29) is 28.7 Å². The van der Waals surface area contributed by atoms with Crippen LogP contribution in [0.5, 0.6) is 0 Å². The van der Waals surface area contributed by atoms with Crippen LogP contribution in [-0.4, -0.2) is 20.7 Å². The third-order valence-electron chi connectivity index (χ3n) is 4.62. The number of amides is 1. The van der Waals surface area contributed by atoms with Crippen molar-refractivity contribution in [2.45, 2.75) is 23.9 Å². The lowest BCUT2D eigenvalue weighted by Crippen LogP contribution is -2.27. The average molecular weight is 492 g/mol. The molecule has 1 N–H and O–H groups in total. The van der Waals surface area contributed by atoms with E-state index in [0.29, 0.717) is 26.8 Å². The second-order valence-electron chi connectivity index (χ2n) is 6.90. The first-order chi connectivity index (χ1) is 15.3. The molecule has 1 amide bonds. The van der Waals surface area contributed by atoms with Crippen molar-refractivity contribution in [1.82, 2.24) is 9.55 Å². The number of halogens is 3. The van der Waals surface area contributed by atoms with E-state index in [1.54, 1.807) is 37.3 Å². The standard InChI is InChI=1S/C22H16Cl2FN3O3S/c1-12(20(29)26-18-7-5-14(25)10-17(18)24)32-22-27-19-9-13(23)4-6-16(19)21(30)28(22)11-15-3-2-8-31-15/h2-10,12H,11H2,1H3,(H,26,29). The van der Waals surface area contributed by atoms with Crippen molar-refractivity contribution < 1.29 is 13.6 Å². The molecule has 6 nitrogen and oxygen atoms in total. The number of anilines is 1. The van der Waals surface area contributed by atoms with Crippen LogP contribution in [0.25, 0.3) is 10.9 Å². The van der Waals surface area contributed by atoms with Gasteiger partial charge in [0.25, 0.3) is 5.56 Å². The third-order valence-corrected chi connectivity index (χ3v) is 6.25. The van der Waals surface area contributed by atoms with Crippen LogP contribution < -0.4 is 10.9 Å². The van der Waals surface area contributed by atoms with Crippen LogP contribution in [0.2, 0.25) is 10.0 Å². The van der Waals surface area contributed by atoms with E-state index in [2.05, 4.69) is 10.3 Å². The molecule has 164 valence electrons. The van der Waals surface area contributed by atoms with Crippen molar-refractivity contribution >= 4 is 57.5 Å². The molecule has 0 spiro atoms. The molecule has 0 aliphatic rings. The van der Waals surface area contributed by atoms with Gasteiger partial charge in [-0.05, 0) is 55.5 Å². The lowest BCUT2D eigenvalue weighted by atomic mass is 10.2. The quantitative estimate of drug-likeness (QED) is 0.280. The molecule has 0 saturated carbocycles. The SMILES string of the molecule is CC(Sc1nc2cc(Cl)ccc2c(=O)n1Cc1ccco1)C(=O)Nc1ccc(F)cc1Cl. The number of fused-ring (bicyclic) bond motifs is 1. The van der Waals surface area contributed by atoms with Crippen LogP contribution in [0.1, 0.15) is 12.7 Å². The highest BCUT2D eigenvalue weighted by Crippen LogP contribution is 2.27. The molecule has 0 fully saturated rings. The molecule has 1 atom stereocenters. The number of benzene rings is 2. The van der Waals surface area contributed by atoms with Crippen LogP contribution in [0, 0.1) is 5.82 Å². The summed E-state index contributed by atoms with van der Waals surface area (Å²) < 4.78 is 20.1. The molecule has 0 radical (unpaired) electrons. The lowest BCUT2D eigenvalue weighted by Gasteiger charge is -2.16. The summed E-state index contributed by atoms with van der Waals surface area (Å²) in [5.74, 6) is -0.316. The third kappa shape index (κ3) is 4.82. The lowest BCUT2D eigenvalue weighted by molar-refractivity contribution is -0.115. The number of nitrogens with zero attached hydrogens (tertiary/aromatic N) is 2. The van der Waals surface area contributed by atoms with Crippen molar-refractivity contribution in [1.29, 1.82) is 0 Å². The van der Waals surface area contributed by atoms with E-state index in [4.69, 9.17) is 27.6 Å². The van der Waals surface area contributed by atoms with Gasteiger partial charge < -0.3 is 9.73 Å². The number of carbonyl (C=O) groups excluding carboxylic acids is 1. The van der Waals surface area contributed by atoms with Gasteiger partial charge in [-0.25, -0.2) is 9.37 Å². The summed E-state index contributed by atoms with van der Waals surface area (Å²) >= 11 is 13.2. The van der Waals surface area contributed by atoms with Gasteiger partial charge in [0.15, 0.2) is 5.16 Å². The van der Waals surface area contributed by atoms with Gasteiger partial charge in [0.2, 0.25) is 5.91 Å². The summed E-state index contributed by atoms with van der Waals surface area (Å²) in [6, 6.07) is 12.0. The van der Waals surface area contributed by atoms with Crippen molar-refractivity contribution in [3.63, 3.8) is 0 Å². The number of furan rings is 1. The second kappa shape index (κ2) is 9.36. The Kier molecular flexibility index (Phi) is 6.55. The molecule has 0 saturated heterocycles. The Balaban J connectivity index is 1.67. The maximum atomic E-state index is 13.3. The number of carbonyl (C=O) groups is 1. The van der Waals surface area contributed by atoms with E-state index in [0.717, 1.165) is 17.8 Å². The molecule has 0 bridgehead atoms. The Morgan fingerprint density at radius 2 is 2.06 bits per heavy atom. The van der Waals surface area contributed by atoms with Crippen LogP contribution in [0.3, 0.4) is 0 Å². The normalized spacial score (nSPS) is 12.1. The Hall–Kier alpha value is -2.81. The number of thioether (sulfide) groups is 1. The fraction of sp³-hybridized carbons (Fsp3) is 0.136. The van der Waals surface area contributed by atoms with Gasteiger partial charge in [-0.3, -0.25) is 14.2 Å². The predicted molar refractivity (Wildman–Crippen MR) is 124 cm³/mol. The molecule has 1 unspecified atom stereocenters. The van der Waals surface area contributed by atoms with Crippen molar-refractivity contribution in [3.8, 4) is 0 Å². The van der Waals surface area contributed by atoms with Crippen molar-refractivity contribution in [2.75, 3.05) is 5.32 Å². The minimum atomic E-state index is -0.650. The molecule has 2 heterocycles. The van der Waals surface area contributed by atoms with E-state index in [1.807, 2.05) is 0 Å². The second-order valence-corrected chi connectivity index (χ2v) is 9.05. The predicted octanol–water partition coefficient (Wildman–Crippen LogP) is 5.60. The van der Waals surface area contributed by atoms with E-state index in [1.165, 1.54) is 23.0 Å². The van der Waals surface area contributed by atoms with E-state index >= 15 is 0 Å². The summed E-state index contributed by atoms with van der Waals surface area (Å²) in [4.78, 5) is 30.5. The van der Waals surface area contributed by atoms with Crippen molar-refractivity contribution in [3.05, 3.63) is 86.8 Å². The van der Waals surface area contributed by atoms with Gasteiger partial charge >= 0.3 is 0 Å². The molecular formula is C22H16Cl2FN3O3S. The number of rotatable bonds is 6. The Bertz CT molecular complexity index is 1360. The summed E-state index contributed by atoms with van der Waals surface area (Å²) in [5, 5.41) is 3.28. The molecule has 2 aromatic heterocycles. The first kappa shape index (κ1) is 22.4. The van der Waals surface area contributed by atoms with E-state index < -0.39 is 11.1 Å². The molecule has 4 rings (SSSR count). The van der Waals surface area contributed by atoms with Gasteiger partial charge in [0.1, 0.15) is 11.6 Å². The zero-order chi connectivity index (χ0) is 22.8. The van der Waals surface area contributed by atoms with Gasteiger partial charge in [-0.1, -0.05) is 35.0 Å². The summed E-state index contributed by atoms with van der Waals surface area (Å²) in [5.41, 5.74) is 0.436. The monoisotopic (exact) mass is 491 g/mol. The fourth-order valence-electron chi connectivity index (χ4n) is 3.00. The van der Waals surface area contributed by atoms with Gasteiger partial charge in [-0.15, -0.1) is 0 Å². The van der Waals surface area contributed by atoms with E-state index in [9.17, 15) is 14.0 Å². The summed E-state index contributed by atoms with van der Waals surface area (Å²) in [6.07, 6.45) is 1.52. The number of aromatic nitrogens is 2. The van der Waals surface area contributed by atoms with Crippen LogP contribution >= 0.6 is 35.0 Å². The number of hydrogen-bond donors (Lipinski definition) is 1. The van der Waals surface area contributed by atoms with Crippen LogP contribution in [0.4, 0.5) is 10.1 Å². The largest absolute Gasteiger partial charge is 0.467 e. The minimum Gasteiger partial charge on any atom is -0.467 e. The molecule has 0 aliphatic carbocycles. The molecule has 10 heteroatoms. The topological polar surface area (TPSA) is 77.1 Å². The average Bonchev–Trinajstić information content (AvgIpc) is 3.26. The highest BCUT2D eigenvalue weighted by Gasteiger charge is 2.21. The zero-order valence-corrected chi connectivity index (χ0v) is 19.0. The van der Waals surface area contributed by atoms with Crippen LogP contribution in [-0.2, 0) is 11.3 Å². The number of nitrogens with one attached hydrogen (secondary N) is 1. The Morgan fingerprint density at radius 3 is 2.78 bits per heavy atom. The van der Waals surface area contributed by atoms with Crippen LogP contribution in [0.15, 0.2) is 69.2 Å². The van der Waals surface area contributed by atoms with Gasteiger partial charge in [0.05, 0.1) is 39.7 Å². The summed E-state index contributed by atoms with van der Waals surface area (Å²) in [7, 11) is 0. The maximum Gasteiger partial charge on any atom is 0.262 e. The number of hydrogen-bond acceptors (Lipinski definition) is 5. The zero-order valence-electron chi connectivity index (χ0n) is 16.6. The molecule has 4 aromatic rings. The molecular weight excluding hydrogens is 476 g/mol. The van der Waals surface area contributed by atoms with Gasteiger partial charge in [-0.2, -0.15) is 0 Å². The molecule has 2 aromatic carbocycles. The summed E-state index contributed by atoms with van der Waals surface area (Å²) in [6.45, 7) is 1.82. The molecule has 32 heavy (non-hydrogen) atoms. The smallest absolute Gasteiger partial charge is 0.262 e. The first-order valence-electron chi connectivity index (χ1n) is 9.47. The Morgan fingerprint density at radius 1 is 1.25 bits per heavy atom. The van der Waals surface area contributed by atoms with Crippen molar-refractivity contribution in [2.24, 2.45) is 0 Å².